The molecule has 136 valence electrons. The molecule has 3 N–H and O–H groups in total. The second kappa shape index (κ2) is 7.73. The minimum absolute atomic E-state index is 0.102. The Balaban J connectivity index is 2.03. The third-order valence-corrected chi connectivity index (χ3v) is 4.82. The van der Waals surface area contributed by atoms with Crippen LogP contribution in [0, 0.1) is 9.41 Å². The number of benzene rings is 1. The fraction of sp³-hybridized carbons (Fsp3) is 0.294. The quantitative estimate of drug-likeness (QED) is 0.384. The lowest BCUT2D eigenvalue weighted by Crippen LogP contribution is -2.23. The van der Waals surface area contributed by atoms with E-state index in [2.05, 4.69) is 41.8 Å². The van der Waals surface area contributed by atoms with E-state index in [9.17, 15) is 4.79 Å². The number of imidazole rings is 1. The lowest BCUT2D eigenvalue weighted by molar-refractivity contribution is -0.118. The number of carbonyl (C=O) groups is 1. The van der Waals surface area contributed by atoms with Crippen molar-refractivity contribution < 1.29 is 4.79 Å². The number of amides is 1. The Bertz CT molecular complexity index is 1060. The van der Waals surface area contributed by atoms with Crippen LogP contribution >= 0.6 is 37.1 Å². The van der Waals surface area contributed by atoms with Gasteiger partial charge in [0.05, 0.1) is 5.75 Å². The molecule has 26 heavy (non-hydrogen) atoms. The molecule has 0 spiro atoms. The zero-order chi connectivity index (χ0) is 18.8. The highest BCUT2D eigenvalue weighted by Gasteiger charge is 2.13. The molecule has 3 aromatic rings. The average Bonchev–Trinajstić information content (AvgIpc) is 3.06. The molecule has 9 heteroatoms. The predicted octanol–water partition coefficient (Wildman–Crippen LogP) is 3.81. The average molecular weight is 406 g/mol. The molecule has 0 unspecified atom stereocenters. The van der Waals surface area contributed by atoms with E-state index in [1.165, 1.54) is 0 Å². The van der Waals surface area contributed by atoms with Crippen LogP contribution < -0.4 is 5.32 Å². The molecular weight excluding hydrogens is 386 g/mol. The Kier molecular flexibility index (Phi) is 5.59. The third kappa shape index (κ3) is 3.74. The van der Waals surface area contributed by atoms with Gasteiger partial charge in [0.1, 0.15) is 16.0 Å². The Morgan fingerprint density at radius 2 is 1.96 bits per heavy atom. The van der Waals surface area contributed by atoms with Gasteiger partial charge in [-0.2, -0.15) is 12.6 Å². The standard InChI is InChI=1S/C17H19N5OS3/c1-9(2)14-19-13-15(20-14)22(17(26)21-16(13)25)11-5-3-10(4-6-11)7-18-12(23)8-24/h3-6,9,24H,7-8H2,1-2H3,(H,18,23)(H,19,20)(H,21,25,26). The van der Waals surface area contributed by atoms with Crippen molar-refractivity contribution in [2.75, 3.05) is 5.75 Å². The van der Waals surface area contributed by atoms with Crippen molar-refractivity contribution in [2.45, 2.75) is 26.3 Å². The number of H-pyrrole nitrogens is 2. The summed E-state index contributed by atoms with van der Waals surface area (Å²) in [6.07, 6.45) is 0. The maximum absolute atomic E-state index is 11.3. The summed E-state index contributed by atoms with van der Waals surface area (Å²) in [6.45, 7) is 4.59. The van der Waals surface area contributed by atoms with Crippen LogP contribution in [0.5, 0.6) is 0 Å². The van der Waals surface area contributed by atoms with Crippen LogP contribution in [0.4, 0.5) is 0 Å². The monoisotopic (exact) mass is 405 g/mol. The molecule has 1 amide bonds. The minimum Gasteiger partial charge on any atom is -0.351 e. The third-order valence-electron chi connectivity index (χ3n) is 3.94. The Morgan fingerprint density at radius 1 is 1.27 bits per heavy atom. The van der Waals surface area contributed by atoms with Crippen LogP contribution in [-0.2, 0) is 11.3 Å². The summed E-state index contributed by atoms with van der Waals surface area (Å²) in [5.74, 6) is 1.18. The van der Waals surface area contributed by atoms with E-state index in [0.717, 1.165) is 22.6 Å². The van der Waals surface area contributed by atoms with Gasteiger partial charge in [0.25, 0.3) is 0 Å². The van der Waals surface area contributed by atoms with Gasteiger partial charge in [0, 0.05) is 18.2 Å². The summed E-state index contributed by atoms with van der Waals surface area (Å²) in [5, 5.41) is 2.79. The molecule has 2 heterocycles. The van der Waals surface area contributed by atoms with Gasteiger partial charge < -0.3 is 15.3 Å². The lowest BCUT2D eigenvalue weighted by atomic mass is 10.2. The second-order valence-corrected chi connectivity index (χ2v) is 7.28. The normalized spacial score (nSPS) is 11.2. The molecule has 0 radical (unpaired) electrons. The van der Waals surface area contributed by atoms with Crippen LogP contribution in [0.15, 0.2) is 24.3 Å². The van der Waals surface area contributed by atoms with Gasteiger partial charge in [0.2, 0.25) is 5.91 Å². The van der Waals surface area contributed by atoms with E-state index in [0.29, 0.717) is 21.6 Å². The number of fused-ring (bicyclic) bond motifs is 1. The van der Waals surface area contributed by atoms with Gasteiger partial charge in [-0.05, 0) is 29.9 Å². The van der Waals surface area contributed by atoms with Crippen LogP contribution in [0.3, 0.4) is 0 Å². The first-order valence-electron chi connectivity index (χ1n) is 8.12. The summed E-state index contributed by atoms with van der Waals surface area (Å²) >= 11 is 14.8. The summed E-state index contributed by atoms with van der Waals surface area (Å²) in [7, 11) is 0. The maximum Gasteiger partial charge on any atom is 0.229 e. The van der Waals surface area contributed by atoms with E-state index >= 15 is 0 Å². The predicted molar refractivity (Wildman–Crippen MR) is 111 cm³/mol. The van der Waals surface area contributed by atoms with Crippen LogP contribution in [0.2, 0.25) is 0 Å². The number of aromatic nitrogens is 4. The smallest absolute Gasteiger partial charge is 0.229 e. The maximum atomic E-state index is 11.3. The summed E-state index contributed by atoms with van der Waals surface area (Å²) in [6, 6.07) is 7.77. The lowest BCUT2D eigenvalue weighted by Gasteiger charge is -2.10. The SMILES string of the molecule is CC(C)c1nc2c([nH]1)c(=S)[nH]c(=S)n2-c1ccc(CNC(=O)CS)cc1. The number of thiol groups is 1. The molecule has 3 rings (SSSR count). The topological polar surface area (TPSA) is 78.5 Å². The molecule has 1 aromatic carbocycles. The van der Waals surface area contributed by atoms with Crippen molar-refractivity contribution in [1.82, 2.24) is 24.8 Å². The largest absolute Gasteiger partial charge is 0.351 e. The number of hydrogen-bond acceptors (Lipinski definition) is 5. The van der Waals surface area contributed by atoms with Gasteiger partial charge in [-0.3, -0.25) is 9.36 Å². The molecule has 0 atom stereocenters. The van der Waals surface area contributed by atoms with Gasteiger partial charge in [-0.15, -0.1) is 0 Å². The fourth-order valence-corrected chi connectivity index (χ4v) is 3.26. The van der Waals surface area contributed by atoms with Gasteiger partial charge in [-0.25, -0.2) is 4.98 Å². The summed E-state index contributed by atoms with van der Waals surface area (Å²) < 4.78 is 2.89. The van der Waals surface area contributed by atoms with Crippen molar-refractivity contribution in [3.8, 4) is 5.69 Å². The first kappa shape index (κ1) is 18.8. The van der Waals surface area contributed by atoms with Crippen LogP contribution in [0.1, 0.15) is 31.2 Å². The molecule has 0 aliphatic rings. The van der Waals surface area contributed by atoms with E-state index in [-0.39, 0.29) is 17.6 Å². The van der Waals surface area contributed by atoms with E-state index in [1.807, 2.05) is 28.8 Å². The van der Waals surface area contributed by atoms with E-state index in [4.69, 9.17) is 29.4 Å². The molecule has 0 saturated carbocycles. The highest BCUT2D eigenvalue weighted by atomic mass is 32.1. The first-order valence-corrected chi connectivity index (χ1v) is 9.57. The number of nitrogens with one attached hydrogen (secondary N) is 3. The molecular formula is C17H19N5OS3. The molecule has 0 aliphatic carbocycles. The zero-order valence-corrected chi connectivity index (χ0v) is 16.9. The van der Waals surface area contributed by atoms with Gasteiger partial charge in [0.15, 0.2) is 10.4 Å². The van der Waals surface area contributed by atoms with Crippen LogP contribution in [0.25, 0.3) is 16.9 Å². The minimum atomic E-state index is -0.102. The van der Waals surface area contributed by atoms with E-state index in [1.54, 1.807) is 0 Å². The number of aromatic amines is 2. The van der Waals surface area contributed by atoms with Crippen molar-refractivity contribution in [2.24, 2.45) is 0 Å². The molecule has 6 nitrogen and oxygen atoms in total. The van der Waals surface area contributed by atoms with Crippen LogP contribution in [-0.4, -0.2) is 31.2 Å². The molecule has 0 saturated heterocycles. The van der Waals surface area contributed by atoms with Gasteiger partial charge >= 0.3 is 0 Å². The first-order chi connectivity index (χ1) is 12.4. The highest BCUT2D eigenvalue weighted by Crippen LogP contribution is 2.21. The van der Waals surface area contributed by atoms with E-state index < -0.39 is 0 Å². The molecule has 2 aromatic heterocycles. The zero-order valence-electron chi connectivity index (χ0n) is 14.4. The van der Waals surface area contributed by atoms with Crippen molar-refractivity contribution in [3.63, 3.8) is 0 Å². The second-order valence-electron chi connectivity index (χ2n) is 6.17. The molecule has 0 fully saturated rings. The Hall–Kier alpha value is -1.97. The Labute approximate surface area is 166 Å². The summed E-state index contributed by atoms with van der Waals surface area (Å²) in [4.78, 5) is 22.3. The number of nitrogens with zero attached hydrogens (tertiary/aromatic N) is 2. The van der Waals surface area contributed by atoms with Crippen molar-refractivity contribution in [1.29, 1.82) is 0 Å². The number of rotatable bonds is 5. The number of carbonyl (C=O) groups excluding carboxylic acids is 1. The molecule has 0 aliphatic heterocycles. The van der Waals surface area contributed by atoms with Crippen molar-refractivity contribution >= 4 is 54.1 Å². The Morgan fingerprint density at radius 3 is 2.58 bits per heavy atom. The summed E-state index contributed by atoms with van der Waals surface area (Å²) in [5.41, 5.74) is 3.33. The highest BCUT2D eigenvalue weighted by molar-refractivity contribution is 7.81. The van der Waals surface area contributed by atoms with Gasteiger partial charge in [-0.1, -0.05) is 38.2 Å². The van der Waals surface area contributed by atoms with Crippen molar-refractivity contribution in [3.05, 3.63) is 45.1 Å². The fourth-order valence-electron chi connectivity index (χ4n) is 2.55. The molecule has 0 bridgehead atoms. The number of hydrogen-bond donors (Lipinski definition) is 4.